The second-order valence-corrected chi connectivity index (χ2v) is 4.84. The maximum absolute atomic E-state index is 11.7. The summed E-state index contributed by atoms with van der Waals surface area (Å²) in [5.41, 5.74) is 7.10. The van der Waals surface area contributed by atoms with Crippen molar-refractivity contribution >= 4 is 17.6 Å². The molecular formula is C15H23N3O2. The molecule has 0 aliphatic carbocycles. The zero-order valence-electron chi connectivity index (χ0n) is 12.2. The third-order valence-electron chi connectivity index (χ3n) is 3.07. The zero-order valence-corrected chi connectivity index (χ0v) is 12.2. The molecule has 0 saturated heterocycles. The maximum Gasteiger partial charge on any atom is 0.319 e. The molecule has 1 aromatic carbocycles. The number of unbranched alkanes of at least 4 members (excludes halogenated alkanes) is 3. The minimum atomic E-state index is -0.463. The lowest BCUT2D eigenvalue weighted by Gasteiger charge is -2.09. The van der Waals surface area contributed by atoms with Crippen LogP contribution in [0.4, 0.5) is 10.5 Å². The van der Waals surface area contributed by atoms with E-state index in [0.717, 1.165) is 18.4 Å². The van der Waals surface area contributed by atoms with E-state index in [1.165, 1.54) is 12.8 Å². The monoisotopic (exact) mass is 277 g/mol. The van der Waals surface area contributed by atoms with E-state index in [1.807, 2.05) is 0 Å². The topological polar surface area (TPSA) is 84.2 Å². The van der Waals surface area contributed by atoms with Gasteiger partial charge in [0.1, 0.15) is 0 Å². The van der Waals surface area contributed by atoms with Crippen molar-refractivity contribution in [3.8, 4) is 0 Å². The number of primary amides is 1. The van der Waals surface area contributed by atoms with E-state index < -0.39 is 5.91 Å². The van der Waals surface area contributed by atoms with Crippen molar-refractivity contribution in [3.63, 3.8) is 0 Å². The fraction of sp³-hybridized carbons (Fsp3) is 0.467. The van der Waals surface area contributed by atoms with Gasteiger partial charge in [-0.2, -0.15) is 0 Å². The molecule has 0 aliphatic heterocycles. The fourth-order valence-corrected chi connectivity index (χ4v) is 1.95. The SMILES string of the molecule is CCCCCCNC(=O)Nc1ccc(C(N)=O)c(C)c1. The van der Waals surface area contributed by atoms with Gasteiger partial charge in [0.25, 0.3) is 0 Å². The summed E-state index contributed by atoms with van der Waals surface area (Å²) in [4.78, 5) is 22.8. The van der Waals surface area contributed by atoms with Gasteiger partial charge in [-0.1, -0.05) is 26.2 Å². The van der Waals surface area contributed by atoms with Crippen LogP contribution in [0.15, 0.2) is 18.2 Å². The molecule has 0 radical (unpaired) electrons. The molecule has 1 aromatic rings. The molecule has 0 aromatic heterocycles. The molecule has 0 atom stereocenters. The van der Waals surface area contributed by atoms with E-state index in [4.69, 9.17) is 5.73 Å². The van der Waals surface area contributed by atoms with Crippen molar-refractivity contribution in [2.24, 2.45) is 5.73 Å². The second-order valence-electron chi connectivity index (χ2n) is 4.84. The number of aryl methyl sites for hydroxylation is 1. The van der Waals surface area contributed by atoms with Crippen LogP contribution in [-0.4, -0.2) is 18.5 Å². The summed E-state index contributed by atoms with van der Waals surface area (Å²) in [5.74, 6) is -0.463. The van der Waals surface area contributed by atoms with Crippen LogP contribution in [-0.2, 0) is 0 Å². The van der Waals surface area contributed by atoms with Gasteiger partial charge in [0.05, 0.1) is 0 Å². The first-order chi connectivity index (χ1) is 9.54. The Hall–Kier alpha value is -2.04. The Morgan fingerprint density at radius 2 is 1.95 bits per heavy atom. The molecular weight excluding hydrogens is 254 g/mol. The molecule has 20 heavy (non-hydrogen) atoms. The molecule has 0 heterocycles. The van der Waals surface area contributed by atoms with Crippen molar-refractivity contribution in [3.05, 3.63) is 29.3 Å². The summed E-state index contributed by atoms with van der Waals surface area (Å²) in [7, 11) is 0. The number of rotatable bonds is 7. The molecule has 0 bridgehead atoms. The largest absolute Gasteiger partial charge is 0.366 e. The van der Waals surface area contributed by atoms with Gasteiger partial charge < -0.3 is 16.4 Å². The van der Waals surface area contributed by atoms with Crippen molar-refractivity contribution in [2.45, 2.75) is 39.5 Å². The van der Waals surface area contributed by atoms with Crippen LogP contribution in [0.25, 0.3) is 0 Å². The Morgan fingerprint density at radius 1 is 1.20 bits per heavy atom. The molecule has 5 heteroatoms. The first-order valence-corrected chi connectivity index (χ1v) is 7.00. The highest BCUT2D eigenvalue weighted by atomic mass is 16.2. The molecule has 3 amide bonds. The lowest BCUT2D eigenvalue weighted by atomic mass is 10.1. The smallest absolute Gasteiger partial charge is 0.319 e. The van der Waals surface area contributed by atoms with Gasteiger partial charge in [0, 0.05) is 17.8 Å². The molecule has 1 rings (SSSR count). The predicted molar refractivity (Wildman–Crippen MR) is 80.9 cm³/mol. The highest BCUT2D eigenvalue weighted by Gasteiger charge is 2.07. The standard InChI is InChI=1S/C15H23N3O2/c1-3-4-5-6-9-17-15(20)18-12-7-8-13(14(16)19)11(2)10-12/h7-8,10H,3-6,9H2,1-2H3,(H2,16,19)(H2,17,18,20). The van der Waals surface area contributed by atoms with Crippen LogP contribution in [0.2, 0.25) is 0 Å². The van der Waals surface area contributed by atoms with Gasteiger partial charge in [-0.15, -0.1) is 0 Å². The van der Waals surface area contributed by atoms with Crippen LogP contribution in [0.5, 0.6) is 0 Å². The van der Waals surface area contributed by atoms with Crippen molar-refractivity contribution in [2.75, 3.05) is 11.9 Å². The zero-order chi connectivity index (χ0) is 15.0. The van der Waals surface area contributed by atoms with E-state index in [0.29, 0.717) is 17.8 Å². The normalized spacial score (nSPS) is 10.1. The summed E-state index contributed by atoms with van der Waals surface area (Å²) >= 11 is 0. The highest BCUT2D eigenvalue weighted by molar-refractivity contribution is 5.95. The van der Waals surface area contributed by atoms with Crippen LogP contribution in [0.3, 0.4) is 0 Å². The molecule has 0 aliphatic rings. The third-order valence-corrected chi connectivity index (χ3v) is 3.07. The number of carbonyl (C=O) groups excluding carboxylic acids is 2. The van der Waals surface area contributed by atoms with E-state index in [-0.39, 0.29) is 6.03 Å². The van der Waals surface area contributed by atoms with Crippen molar-refractivity contribution in [1.82, 2.24) is 5.32 Å². The first-order valence-electron chi connectivity index (χ1n) is 7.00. The molecule has 0 unspecified atom stereocenters. The van der Waals surface area contributed by atoms with Gasteiger partial charge in [-0.3, -0.25) is 4.79 Å². The number of nitrogens with one attached hydrogen (secondary N) is 2. The third kappa shape index (κ3) is 5.30. The lowest BCUT2D eigenvalue weighted by molar-refractivity contribution is 0.0999. The Kier molecular flexibility index (Phi) is 6.56. The number of hydrogen-bond acceptors (Lipinski definition) is 2. The van der Waals surface area contributed by atoms with Crippen LogP contribution < -0.4 is 16.4 Å². The molecule has 5 nitrogen and oxygen atoms in total. The summed E-state index contributed by atoms with van der Waals surface area (Å²) in [6.07, 6.45) is 4.48. The van der Waals surface area contributed by atoms with Crippen molar-refractivity contribution in [1.29, 1.82) is 0 Å². The minimum absolute atomic E-state index is 0.229. The van der Waals surface area contributed by atoms with Crippen LogP contribution in [0.1, 0.15) is 48.5 Å². The van der Waals surface area contributed by atoms with Gasteiger partial charge in [0.15, 0.2) is 0 Å². The molecule has 4 N–H and O–H groups in total. The quantitative estimate of drug-likeness (QED) is 0.669. The Morgan fingerprint density at radius 3 is 2.55 bits per heavy atom. The lowest BCUT2D eigenvalue weighted by Crippen LogP contribution is -2.29. The predicted octanol–water partition coefficient (Wildman–Crippen LogP) is 2.80. The molecule has 0 fully saturated rings. The van der Waals surface area contributed by atoms with E-state index in [9.17, 15) is 9.59 Å². The number of benzene rings is 1. The minimum Gasteiger partial charge on any atom is -0.366 e. The Labute approximate surface area is 119 Å². The summed E-state index contributed by atoms with van der Waals surface area (Å²) in [6.45, 7) is 4.61. The number of amides is 3. The van der Waals surface area contributed by atoms with Crippen molar-refractivity contribution < 1.29 is 9.59 Å². The van der Waals surface area contributed by atoms with Gasteiger partial charge in [-0.25, -0.2) is 4.79 Å². The van der Waals surface area contributed by atoms with Crippen LogP contribution in [0, 0.1) is 6.92 Å². The average Bonchev–Trinajstić information content (AvgIpc) is 2.38. The molecule has 110 valence electrons. The van der Waals surface area contributed by atoms with E-state index in [1.54, 1.807) is 25.1 Å². The Balaban J connectivity index is 2.42. The average molecular weight is 277 g/mol. The summed E-state index contributed by atoms with van der Waals surface area (Å²) in [6, 6.07) is 4.79. The number of anilines is 1. The number of hydrogen-bond donors (Lipinski definition) is 3. The fourth-order valence-electron chi connectivity index (χ4n) is 1.95. The van der Waals surface area contributed by atoms with Crippen LogP contribution >= 0.6 is 0 Å². The van der Waals surface area contributed by atoms with Gasteiger partial charge in [-0.05, 0) is 37.1 Å². The van der Waals surface area contributed by atoms with E-state index >= 15 is 0 Å². The number of carbonyl (C=O) groups is 2. The first kappa shape index (κ1) is 16.0. The second kappa shape index (κ2) is 8.19. The maximum atomic E-state index is 11.7. The highest BCUT2D eigenvalue weighted by Crippen LogP contribution is 2.14. The Bertz CT molecular complexity index is 472. The molecule has 0 spiro atoms. The summed E-state index contributed by atoms with van der Waals surface area (Å²) in [5, 5.41) is 5.54. The van der Waals surface area contributed by atoms with Gasteiger partial charge in [0.2, 0.25) is 5.91 Å². The number of urea groups is 1. The van der Waals surface area contributed by atoms with Gasteiger partial charge >= 0.3 is 6.03 Å². The summed E-state index contributed by atoms with van der Waals surface area (Å²) < 4.78 is 0. The molecule has 0 saturated carbocycles. The van der Waals surface area contributed by atoms with E-state index in [2.05, 4.69) is 17.6 Å². The number of nitrogens with two attached hydrogens (primary N) is 1.